The minimum absolute atomic E-state index is 0.0155. The Labute approximate surface area is 184 Å². The normalized spacial score (nSPS) is 12.0. The molecule has 2 heterocycles. The molecular weight excluding hydrogens is 424 g/mol. The number of hydrogen-bond acceptors (Lipinski definition) is 7. The summed E-state index contributed by atoms with van der Waals surface area (Å²) in [5.74, 6) is 1.45. The van der Waals surface area contributed by atoms with Gasteiger partial charge < -0.3 is 20.3 Å². The number of ether oxygens (including phenoxy) is 1. The van der Waals surface area contributed by atoms with E-state index in [9.17, 15) is 9.90 Å². The van der Waals surface area contributed by atoms with Gasteiger partial charge in [0.2, 0.25) is 5.95 Å². The highest BCUT2D eigenvalue weighted by molar-refractivity contribution is 6.17. The first-order chi connectivity index (χ1) is 15.0. The number of benzene rings is 1. The summed E-state index contributed by atoms with van der Waals surface area (Å²) in [6.45, 7) is 2.38. The molecule has 10 nitrogen and oxygen atoms in total. The van der Waals surface area contributed by atoms with E-state index in [2.05, 4.69) is 25.7 Å². The van der Waals surface area contributed by atoms with Crippen molar-refractivity contribution in [3.05, 3.63) is 35.5 Å². The Bertz CT molecular complexity index is 1060. The van der Waals surface area contributed by atoms with Gasteiger partial charge in [-0.3, -0.25) is 10.00 Å². The van der Waals surface area contributed by atoms with Crippen LogP contribution in [-0.2, 0) is 12.4 Å². The number of aromatic nitrogens is 4. The number of halogens is 1. The van der Waals surface area contributed by atoms with Crippen LogP contribution in [0.2, 0.25) is 0 Å². The van der Waals surface area contributed by atoms with Gasteiger partial charge >= 0.3 is 6.09 Å². The predicted molar refractivity (Wildman–Crippen MR) is 118 cm³/mol. The number of methoxy groups -OCH3 is 1. The lowest BCUT2D eigenvalue weighted by molar-refractivity contribution is 0.209. The molecule has 0 bridgehead atoms. The summed E-state index contributed by atoms with van der Waals surface area (Å²) in [6, 6.07) is 5.65. The van der Waals surface area contributed by atoms with Crippen LogP contribution in [-0.4, -0.2) is 55.8 Å². The lowest BCUT2D eigenvalue weighted by Gasteiger charge is -2.18. The summed E-state index contributed by atoms with van der Waals surface area (Å²) in [5, 5.41) is 28.3. The molecule has 0 fully saturated rings. The SMILES string of the molecule is CCC(CCO)Nc1nc(NC(=O)O)nc2cnn(Cc3cc(CCl)ccc3OC)c12. The highest BCUT2D eigenvalue weighted by atomic mass is 35.5. The molecule has 1 aromatic carbocycles. The number of aliphatic hydroxyl groups is 1. The van der Waals surface area contributed by atoms with Gasteiger partial charge in [-0.1, -0.05) is 13.0 Å². The quantitative estimate of drug-likeness (QED) is 0.347. The van der Waals surface area contributed by atoms with Crippen molar-refractivity contribution >= 4 is 40.5 Å². The van der Waals surface area contributed by atoms with Crippen molar-refractivity contribution in [1.82, 2.24) is 19.7 Å². The van der Waals surface area contributed by atoms with Gasteiger partial charge in [0.1, 0.15) is 16.8 Å². The van der Waals surface area contributed by atoms with E-state index in [4.69, 9.17) is 21.4 Å². The molecule has 0 aliphatic heterocycles. The average molecular weight is 449 g/mol. The van der Waals surface area contributed by atoms with Crippen LogP contribution in [0.4, 0.5) is 16.6 Å². The molecule has 0 saturated heterocycles. The molecule has 31 heavy (non-hydrogen) atoms. The van der Waals surface area contributed by atoms with Crippen LogP contribution >= 0.6 is 11.6 Å². The Morgan fingerprint density at radius 1 is 1.35 bits per heavy atom. The number of anilines is 2. The molecule has 1 amide bonds. The number of aliphatic hydroxyl groups excluding tert-OH is 1. The maximum Gasteiger partial charge on any atom is 0.411 e. The van der Waals surface area contributed by atoms with Gasteiger partial charge in [-0.2, -0.15) is 10.1 Å². The molecule has 1 atom stereocenters. The monoisotopic (exact) mass is 448 g/mol. The molecule has 2 aromatic heterocycles. The number of nitrogens with one attached hydrogen (secondary N) is 2. The lowest BCUT2D eigenvalue weighted by Crippen LogP contribution is -2.22. The molecule has 166 valence electrons. The molecule has 0 saturated carbocycles. The van der Waals surface area contributed by atoms with Crippen molar-refractivity contribution in [2.75, 3.05) is 24.4 Å². The number of nitrogens with zero attached hydrogens (tertiary/aromatic N) is 4. The van der Waals surface area contributed by atoms with Crippen LogP contribution in [0.25, 0.3) is 11.0 Å². The van der Waals surface area contributed by atoms with Crippen molar-refractivity contribution in [2.45, 2.75) is 38.2 Å². The Balaban J connectivity index is 2.07. The number of carboxylic acid groups (broad SMARTS) is 1. The summed E-state index contributed by atoms with van der Waals surface area (Å²) < 4.78 is 7.20. The highest BCUT2D eigenvalue weighted by Crippen LogP contribution is 2.27. The first kappa shape index (κ1) is 22.6. The molecule has 3 aromatic rings. The van der Waals surface area contributed by atoms with Crippen molar-refractivity contribution in [3.63, 3.8) is 0 Å². The van der Waals surface area contributed by atoms with Gasteiger partial charge in [0.15, 0.2) is 5.82 Å². The van der Waals surface area contributed by atoms with Crippen LogP contribution in [0.5, 0.6) is 5.75 Å². The second-order valence-electron chi connectivity index (χ2n) is 6.90. The van der Waals surface area contributed by atoms with E-state index in [1.54, 1.807) is 18.0 Å². The number of carbonyl (C=O) groups is 1. The Morgan fingerprint density at radius 2 is 2.16 bits per heavy atom. The molecular formula is C20H25ClN6O4. The highest BCUT2D eigenvalue weighted by Gasteiger charge is 2.18. The number of amides is 1. The van der Waals surface area contributed by atoms with Crippen LogP contribution in [0.3, 0.4) is 0 Å². The third-order valence-corrected chi connectivity index (χ3v) is 5.15. The number of fused-ring (bicyclic) bond motifs is 1. The molecule has 0 spiro atoms. The maximum absolute atomic E-state index is 11.1. The standard InChI is InChI=1S/C20H25ClN6O4/c1-3-14(6-7-28)23-18-17-15(24-19(25-18)26-20(29)30)10-22-27(17)11-13-8-12(9-21)4-5-16(13)31-2/h4-5,8,10,14,28H,3,6-7,9,11H2,1-2H3,(H,29,30)(H2,23,24,25,26). The zero-order valence-corrected chi connectivity index (χ0v) is 18.1. The minimum Gasteiger partial charge on any atom is -0.496 e. The Hall–Kier alpha value is -3.11. The first-order valence-electron chi connectivity index (χ1n) is 9.81. The van der Waals surface area contributed by atoms with E-state index in [1.807, 2.05) is 25.1 Å². The maximum atomic E-state index is 11.1. The molecule has 11 heteroatoms. The van der Waals surface area contributed by atoms with Crippen molar-refractivity contribution in [1.29, 1.82) is 0 Å². The van der Waals surface area contributed by atoms with Crippen LogP contribution in [0.15, 0.2) is 24.4 Å². The summed E-state index contributed by atoms with van der Waals surface area (Å²) >= 11 is 5.99. The summed E-state index contributed by atoms with van der Waals surface area (Å²) in [6.07, 6.45) is 1.56. The van der Waals surface area contributed by atoms with Crippen molar-refractivity contribution in [2.24, 2.45) is 0 Å². The average Bonchev–Trinajstić information content (AvgIpc) is 3.15. The third kappa shape index (κ3) is 5.33. The van der Waals surface area contributed by atoms with Crippen molar-refractivity contribution < 1.29 is 19.7 Å². The summed E-state index contributed by atoms with van der Waals surface area (Å²) in [4.78, 5) is 19.7. The zero-order valence-electron chi connectivity index (χ0n) is 17.3. The van der Waals surface area contributed by atoms with Crippen LogP contribution < -0.4 is 15.4 Å². The van der Waals surface area contributed by atoms with Gasteiger partial charge in [0.05, 0.1) is 19.9 Å². The molecule has 1 unspecified atom stereocenters. The predicted octanol–water partition coefficient (Wildman–Crippen LogP) is 3.28. The van der Waals surface area contributed by atoms with Gasteiger partial charge in [-0.05, 0) is 30.5 Å². The van der Waals surface area contributed by atoms with Gasteiger partial charge in [0, 0.05) is 24.1 Å². The second kappa shape index (κ2) is 10.3. The number of rotatable bonds is 10. The molecule has 4 N–H and O–H groups in total. The third-order valence-electron chi connectivity index (χ3n) is 4.84. The van der Waals surface area contributed by atoms with Gasteiger partial charge in [-0.15, -0.1) is 11.6 Å². The molecule has 0 aliphatic carbocycles. The smallest absolute Gasteiger partial charge is 0.411 e. The lowest BCUT2D eigenvalue weighted by atomic mass is 10.1. The van der Waals surface area contributed by atoms with E-state index in [1.165, 1.54) is 0 Å². The summed E-state index contributed by atoms with van der Waals surface area (Å²) in [5.41, 5.74) is 2.93. The zero-order chi connectivity index (χ0) is 22.4. The number of hydrogen-bond donors (Lipinski definition) is 4. The minimum atomic E-state index is -1.26. The summed E-state index contributed by atoms with van der Waals surface area (Å²) in [7, 11) is 1.60. The molecule has 0 aliphatic rings. The van der Waals surface area contributed by atoms with Crippen molar-refractivity contribution in [3.8, 4) is 5.75 Å². The molecule has 3 rings (SSSR count). The van der Waals surface area contributed by atoms with E-state index >= 15 is 0 Å². The fraction of sp³-hybridized carbons (Fsp3) is 0.400. The Kier molecular flexibility index (Phi) is 7.48. The largest absolute Gasteiger partial charge is 0.496 e. The van der Waals surface area contributed by atoms with E-state index in [-0.39, 0.29) is 18.6 Å². The Morgan fingerprint density at radius 3 is 2.81 bits per heavy atom. The van der Waals surface area contributed by atoms with Gasteiger partial charge in [-0.25, -0.2) is 9.78 Å². The topological polar surface area (TPSA) is 134 Å². The van der Waals surface area contributed by atoms with Crippen LogP contribution in [0, 0.1) is 0 Å². The fourth-order valence-electron chi connectivity index (χ4n) is 3.30. The van der Waals surface area contributed by atoms with E-state index in [0.29, 0.717) is 41.4 Å². The fourth-order valence-corrected chi connectivity index (χ4v) is 3.46. The van der Waals surface area contributed by atoms with E-state index in [0.717, 1.165) is 17.5 Å². The molecule has 0 radical (unpaired) electrons. The second-order valence-corrected chi connectivity index (χ2v) is 7.17. The van der Waals surface area contributed by atoms with Crippen LogP contribution in [0.1, 0.15) is 30.9 Å². The first-order valence-corrected chi connectivity index (χ1v) is 10.3. The van der Waals surface area contributed by atoms with E-state index < -0.39 is 6.09 Å². The number of alkyl halides is 1. The van der Waals surface area contributed by atoms with Gasteiger partial charge in [0.25, 0.3) is 0 Å².